The van der Waals surface area contributed by atoms with Crippen molar-refractivity contribution in [3.05, 3.63) is 30.4 Å². The molecule has 1 aliphatic rings. The first kappa shape index (κ1) is 24.8. The Morgan fingerprint density at radius 2 is 1.94 bits per heavy atom. The van der Waals surface area contributed by atoms with Crippen molar-refractivity contribution in [3.8, 4) is 17.2 Å². The van der Waals surface area contributed by atoms with Crippen LogP contribution in [0.15, 0.2) is 30.4 Å². The summed E-state index contributed by atoms with van der Waals surface area (Å²) >= 11 is 0. The topological polar surface area (TPSA) is 77.1 Å². The second kappa shape index (κ2) is 11.8. The Kier molecular flexibility index (Phi) is 9.42. The average molecular weight is 449 g/mol. The van der Waals surface area contributed by atoms with Crippen molar-refractivity contribution in [2.45, 2.75) is 51.0 Å². The van der Waals surface area contributed by atoms with Crippen LogP contribution in [0.2, 0.25) is 25.7 Å². The van der Waals surface area contributed by atoms with Crippen LogP contribution in [0.25, 0.3) is 0 Å². The maximum absolute atomic E-state index is 13.1. The molecule has 0 saturated carbocycles. The third-order valence-electron chi connectivity index (χ3n) is 5.05. The number of nitrogens with zero attached hydrogens (tertiary/aromatic N) is 1. The third-order valence-corrected chi connectivity index (χ3v) is 6.51. The molecule has 2 amide bonds. The van der Waals surface area contributed by atoms with Gasteiger partial charge in [-0.25, -0.2) is 0 Å². The van der Waals surface area contributed by atoms with Crippen molar-refractivity contribution in [1.82, 2.24) is 10.2 Å². The van der Waals surface area contributed by atoms with Gasteiger partial charge >= 0.3 is 0 Å². The van der Waals surface area contributed by atoms with Crippen LogP contribution < -0.4 is 19.5 Å². The molecule has 1 aliphatic heterocycles. The van der Waals surface area contributed by atoms with Gasteiger partial charge in [0.15, 0.2) is 11.5 Å². The molecule has 0 aliphatic carbocycles. The molecule has 8 heteroatoms. The van der Waals surface area contributed by atoms with E-state index in [1.807, 2.05) is 6.07 Å². The second-order valence-electron chi connectivity index (χ2n) is 8.90. The van der Waals surface area contributed by atoms with E-state index in [1.165, 1.54) is 0 Å². The predicted molar refractivity (Wildman–Crippen MR) is 125 cm³/mol. The quantitative estimate of drug-likeness (QED) is 0.414. The zero-order valence-corrected chi connectivity index (χ0v) is 20.4. The summed E-state index contributed by atoms with van der Waals surface area (Å²) in [4.78, 5) is 26.6. The lowest BCUT2D eigenvalue weighted by atomic mass is 10.0. The number of carbonyl (C=O) groups excluding carboxylic acids is 2. The van der Waals surface area contributed by atoms with Crippen molar-refractivity contribution in [2.75, 3.05) is 33.9 Å². The molecule has 1 saturated heterocycles. The Hall–Kier alpha value is -2.48. The fourth-order valence-corrected chi connectivity index (χ4v) is 4.19. The van der Waals surface area contributed by atoms with Gasteiger partial charge in [0.05, 0.1) is 20.8 Å². The van der Waals surface area contributed by atoms with Gasteiger partial charge in [0.2, 0.25) is 11.8 Å². The summed E-state index contributed by atoms with van der Waals surface area (Å²) in [6.07, 6.45) is 6.13. The Bertz CT molecular complexity index is 776. The molecule has 1 aromatic rings. The van der Waals surface area contributed by atoms with Gasteiger partial charge in [0, 0.05) is 27.1 Å². The molecular formula is C23H36N2O5Si. The molecule has 172 valence electrons. The number of carbonyl (C=O) groups is 2. The Morgan fingerprint density at radius 3 is 2.58 bits per heavy atom. The zero-order valence-electron chi connectivity index (χ0n) is 19.4. The summed E-state index contributed by atoms with van der Waals surface area (Å²) in [5.74, 6) is 1.76. The second-order valence-corrected chi connectivity index (χ2v) is 14.4. The van der Waals surface area contributed by atoms with Crippen LogP contribution >= 0.6 is 0 Å². The van der Waals surface area contributed by atoms with Crippen molar-refractivity contribution >= 4 is 19.9 Å². The van der Waals surface area contributed by atoms with Gasteiger partial charge in [-0.3, -0.25) is 9.59 Å². The molecule has 0 bridgehead atoms. The molecule has 0 aromatic heterocycles. The van der Waals surface area contributed by atoms with Gasteiger partial charge in [-0.05, 0) is 31.0 Å². The van der Waals surface area contributed by atoms with E-state index < -0.39 is 14.1 Å². The van der Waals surface area contributed by atoms with Crippen molar-refractivity contribution in [1.29, 1.82) is 0 Å². The standard InChI is InChI=1S/C23H36N2O5Si/c1-28-20-12-11-18(17-21(20)29-2)30-15-14-25(13-6-7-16-31(3,4)5)23(27)19-9-8-10-22(26)24-19/h6-7,11-12,17,19H,8-10,13-16H2,1-5H3,(H,24,26)/t19-/m0/s1. The molecule has 1 aromatic carbocycles. The van der Waals surface area contributed by atoms with Crippen LogP contribution in [0.5, 0.6) is 17.2 Å². The van der Waals surface area contributed by atoms with E-state index in [4.69, 9.17) is 14.2 Å². The highest BCUT2D eigenvalue weighted by Gasteiger charge is 2.28. The number of rotatable bonds is 11. The highest BCUT2D eigenvalue weighted by Crippen LogP contribution is 2.30. The minimum Gasteiger partial charge on any atom is -0.493 e. The van der Waals surface area contributed by atoms with Gasteiger partial charge in [0.25, 0.3) is 0 Å². The average Bonchev–Trinajstić information content (AvgIpc) is 2.74. The molecule has 7 nitrogen and oxygen atoms in total. The first-order valence-corrected chi connectivity index (χ1v) is 14.5. The fourth-order valence-electron chi connectivity index (χ4n) is 3.32. The zero-order chi connectivity index (χ0) is 22.9. The summed E-state index contributed by atoms with van der Waals surface area (Å²) in [6, 6.07) is 5.97. The Morgan fingerprint density at radius 1 is 1.19 bits per heavy atom. The molecule has 0 spiro atoms. The van der Waals surface area contributed by atoms with E-state index >= 15 is 0 Å². The van der Waals surface area contributed by atoms with Crippen LogP contribution in [0.4, 0.5) is 0 Å². The van der Waals surface area contributed by atoms with E-state index in [0.717, 1.165) is 12.5 Å². The van der Waals surface area contributed by atoms with Gasteiger partial charge < -0.3 is 24.4 Å². The Balaban J connectivity index is 2.00. The lowest BCUT2D eigenvalue weighted by molar-refractivity contribution is -0.137. The molecular weight excluding hydrogens is 412 g/mol. The number of amides is 2. The lowest BCUT2D eigenvalue weighted by Gasteiger charge is -2.29. The fraction of sp³-hybridized carbons (Fsp3) is 0.565. The van der Waals surface area contributed by atoms with Crippen molar-refractivity contribution < 1.29 is 23.8 Å². The maximum Gasteiger partial charge on any atom is 0.245 e. The number of ether oxygens (including phenoxy) is 3. The molecule has 0 unspecified atom stereocenters. The molecule has 1 heterocycles. The van der Waals surface area contributed by atoms with Crippen LogP contribution in [-0.4, -0.2) is 64.7 Å². The van der Waals surface area contributed by atoms with E-state index in [0.29, 0.717) is 49.8 Å². The van der Waals surface area contributed by atoms with E-state index in [2.05, 4.69) is 37.1 Å². The number of hydrogen-bond donors (Lipinski definition) is 1. The largest absolute Gasteiger partial charge is 0.493 e. The van der Waals surface area contributed by atoms with E-state index in [1.54, 1.807) is 31.3 Å². The minimum absolute atomic E-state index is 0.0541. The molecule has 0 radical (unpaired) electrons. The SMILES string of the molecule is COc1ccc(OCCN(CC=CC[Si](C)(C)C)C(=O)[C@@H]2CCCC(=O)N2)cc1OC. The summed E-state index contributed by atoms with van der Waals surface area (Å²) in [5.41, 5.74) is 0. The number of benzene rings is 1. The highest BCUT2D eigenvalue weighted by atomic mass is 28.3. The Labute approximate surface area is 186 Å². The van der Waals surface area contributed by atoms with Crippen LogP contribution in [-0.2, 0) is 9.59 Å². The number of piperidine rings is 1. The minimum atomic E-state index is -1.18. The monoisotopic (exact) mass is 448 g/mol. The number of hydrogen-bond acceptors (Lipinski definition) is 5. The molecule has 2 rings (SSSR count). The third kappa shape index (κ3) is 8.28. The molecule has 1 fully saturated rings. The van der Waals surface area contributed by atoms with Gasteiger partial charge in [0.1, 0.15) is 18.4 Å². The van der Waals surface area contributed by atoms with Crippen LogP contribution in [0, 0.1) is 0 Å². The number of nitrogens with one attached hydrogen (secondary N) is 1. The van der Waals surface area contributed by atoms with Gasteiger partial charge in [-0.2, -0.15) is 0 Å². The van der Waals surface area contributed by atoms with E-state index in [-0.39, 0.29) is 11.8 Å². The summed E-state index contributed by atoms with van der Waals surface area (Å²) in [6.45, 7) is 8.21. The summed E-state index contributed by atoms with van der Waals surface area (Å²) in [7, 11) is 1.98. The van der Waals surface area contributed by atoms with Crippen LogP contribution in [0.1, 0.15) is 19.3 Å². The van der Waals surface area contributed by atoms with E-state index in [9.17, 15) is 9.59 Å². The molecule has 31 heavy (non-hydrogen) atoms. The first-order valence-electron chi connectivity index (χ1n) is 10.8. The molecule has 1 atom stereocenters. The van der Waals surface area contributed by atoms with Crippen LogP contribution in [0.3, 0.4) is 0 Å². The summed E-state index contributed by atoms with van der Waals surface area (Å²) in [5, 5.41) is 2.83. The lowest BCUT2D eigenvalue weighted by Crippen LogP contribution is -2.51. The first-order chi connectivity index (χ1) is 14.7. The summed E-state index contributed by atoms with van der Waals surface area (Å²) < 4.78 is 16.4. The normalized spacial score (nSPS) is 16.7. The maximum atomic E-state index is 13.1. The van der Waals surface area contributed by atoms with Gasteiger partial charge in [-0.1, -0.05) is 31.8 Å². The number of allylic oxidation sites excluding steroid dienone is 1. The van der Waals surface area contributed by atoms with Gasteiger partial charge in [-0.15, -0.1) is 0 Å². The smallest absolute Gasteiger partial charge is 0.245 e. The van der Waals surface area contributed by atoms with Crippen molar-refractivity contribution in [2.24, 2.45) is 0 Å². The molecule has 1 N–H and O–H groups in total. The highest BCUT2D eigenvalue weighted by molar-refractivity contribution is 6.76. The predicted octanol–water partition coefficient (Wildman–Crippen LogP) is 3.47. The van der Waals surface area contributed by atoms with Crippen molar-refractivity contribution in [3.63, 3.8) is 0 Å². The number of methoxy groups -OCH3 is 2.